The number of halogens is 1. The topological polar surface area (TPSA) is 122 Å². The molecule has 2 aromatic carbocycles. The van der Waals surface area contributed by atoms with Gasteiger partial charge in [-0.05, 0) is 24.6 Å². The van der Waals surface area contributed by atoms with E-state index < -0.39 is 34.0 Å². The van der Waals surface area contributed by atoms with Crippen LogP contribution in [0.25, 0.3) is 0 Å². The lowest BCUT2D eigenvalue weighted by Crippen LogP contribution is -2.47. The molecule has 1 fully saturated rings. The van der Waals surface area contributed by atoms with Crippen LogP contribution in [0.3, 0.4) is 0 Å². The Labute approximate surface area is 158 Å². The number of nitrogens with one attached hydrogen (secondary N) is 2. The summed E-state index contributed by atoms with van der Waals surface area (Å²) >= 11 is 5.72. The highest BCUT2D eigenvalue weighted by atomic mass is 35.5. The summed E-state index contributed by atoms with van der Waals surface area (Å²) in [4.78, 5) is 47.5. The minimum absolute atomic E-state index is 0.125. The second-order valence-corrected chi connectivity index (χ2v) is 6.33. The molecule has 3 rings (SSSR count). The van der Waals surface area contributed by atoms with Crippen molar-refractivity contribution in [2.45, 2.75) is 12.5 Å². The number of benzene rings is 2. The molecule has 0 unspecified atom stereocenters. The summed E-state index contributed by atoms with van der Waals surface area (Å²) in [6, 6.07) is 11.1. The normalized spacial score (nSPS) is 19.0. The van der Waals surface area contributed by atoms with E-state index in [1.807, 2.05) is 0 Å². The first-order valence-corrected chi connectivity index (χ1v) is 8.09. The fourth-order valence-corrected chi connectivity index (χ4v) is 2.85. The highest BCUT2D eigenvalue weighted by molar-refractivity contribution is 6.32. The Bertz CT molecular complexity index is 965. The second-order valence-electron chi connectivity index (χ2n) is 5.93. The molecule has 4 amide bonds. The molecule has 1 aliphatic heterocycles. The fourth-order valence-electron chi connectivity index (χ4n) is 2.67. The molecule has 27 heavy (non-hydrogen) atoms. The first kappa shape index (κ1) is 18.3. The van der Waals surface area contributed by atoms with Crippen molar-refractivity contribution in [3.8, 4) is 0 Å². The van der Waals surface area contributed by atoms with Crippen LogP contribution in [0.4, 0.5) is 10.5 Å². The number of hydrogen-bond acceptors (Lipinski definition) is 5. The van der Waals surface area contributed by atoms with E-state index in [1.54, 1.807) is 30.3 Å². The summed E-state index contributed by atoms with van der Waals surface area (Å²) in [5, 5.41) is 13.9. The molecule has 2 N–H and O–H groups in total. The predicted molar refractivity (Wildman–Crippen MR) is 94.7 cm³/mol. The minimum Gasteiger partial charge on any atom is -0.318 e. The Kier molecular flexibility index (Phi) is 4.54. The van der Waals surface area contributed by atoms with E-state index in [2.05, 4.69) is 10.7 Å². The molecule has 2 aromatic rings. The SMILES string of the molecule is C[C@]1(c2ccccc2)NC(=O)N(NC(=O)c2ccc(Cl)c([N+](=O)[O-])c2)C1=O. The van der Waals surface area contributed by atoms with Crippen molar-refractivity contribution in [3.63, 3.8) is 0 Å². The Balaban J connectivity index is 1.85. The fraction of sp³-hybridized carbons (Fsp3) is 0.118. The van der Waals surface area contributed by atoms with E-state index in [1.165, 1.54) is 19.1 Å². The van der Waals surface area contributed by atoms with Crippen LogP contribution >= 0.6 is 11.6 Å². The van der Waals surface area contributed by atoms with E-state index in [9.17, 15) is 24.5 Å². The molecule has 1 saturated heterocycles. The lowest BCUT2D eigenvalue weighted by molar-refractivity contribution is -0.384. The van der Waals surface area contributed by atoms with E-state index in [0.29, 0.717) is 10.6 Å². The number of carbonyl (C=O) groups is 3. The molecule has 0 saturated carbocycles. The number of imide groups is 1. The monoisotopic (exact) mass is 388 g/mol. The smallest absolute Gasteiger partial charge is 0.318 e. The Morgan fingerprint density at radius 3 is 2.52 bits per heavy atom. The van der Waals surface area contributed by atoms with E-state index in [-0.39, 0.29) is 10.6 Å². The third-order valence-corrected chi connectivity index (χ3v) is 4.48. The lowest BCUT2D eigenvalue weighted by atomic mass is 9.92. The van der Waals surface area contributed by atoms with Gasteiger partial charge in [-0.25, -0.2) is 4.79 Å². The summed E-state index contributed by atoms with van der Waals surface area (Å²) < 4.78 is 0. The van der Waals surface area contributed by atoms with Gasteiger partial charge in [0.2, 0.25) is 0 Å². The van der Waals surface area contributed by atoms with Gasteiger partial charge >= 0.3 is 6.03 Å². The van der Waals surface area contributed by atoms with Crippen molar-refractivity contribution in [1.29, 1.82) is 0 Å². The van der Waals surface area contributed by atoms with Crippen molar-refractivity contribution in [2.24, 2.45) is 0 Å². The number of nitro benzene ring substituents is 1. The summed E-state index contributed by atoms with van der Waals surface area (Å²) in [5.74, 6) is -1.55. The first-order chi connectivity index (χ1) is 12.7. The summed E-state index contributed by atoms with van der Waals surface area (Å²) in [7, 11) is 0. The molecule has 9 nitrogen and oxygen atoms in total. The van der Waals surface area contributed by atoms with Crippen LogP contribution in [0.5, 0.6) is 0 Å². The maximum Gasteiger partial charge on any atom is 0.344 e. The minimum atomic E-state index is -1.35. The van der Waals surface area contributed by atoms with Gasteiger partial charge in [0.1, 0.15) is 10.6 Å². The Morgan fingerprint density at radius 2 is 1.89 bits per heavy atom. The largest absolute Gasteiger partial charge is 0.344 e. The standard InChI is InChI=1S/C17H13ClN4O5/c1-17(11-5-3-2-4-6-11)15(24)21(16(25)19-17)20-14(23)10-7-8-12(18)13(9-10)22(26)27/h2-9H,1H3,(H,19,25)(H,20,23)/t17-/m1/s1. The molecular formula is C17H13ClN4O5. The predicted octanol–water partition coefficient (Wildman–Crippen LogP) is 2.36. The third kappa shape index (κ3) is 3.20. The molecule has 0 aromatic heterocycles. The lowest BCUT2D eigenvalue weighted by Gasteiger charge is -2.22. The maximum atomic E-state index is 12.7. The van der Waals surface area contributed by atoms with Crippen LogP contribution < -0.4 is 10.7 Å². The van der Waals surface area contributed by atoms with Gasteiger partial charge in [-0.1, -0.05) is 41.9 Å². The Hall–Kier alpha value is -3.46. The van der Waals surface area contributed by atoms with Gasteiger partial charge in [0.25, 0.3) is 17.5 Å². The van der Waals surface area contributed by atoms with Crippen LogP contribution in [0.2, 0.25) is 5.02 Å². The Morgan fingerprint density at radius 1 is 1.22 bits per heavy atom. The van der Waals surface area contributed by atoms with Crippen LogP contribution in [0, 0.1) is 10.1 Å². The number of nitro groups is 1. The van der Waals surface area contributed by atoms with Crippen molar-refractivity contribution >= 4 is 35.1 Å². The van der Waals surface area contributed by atoms with Crippen LogP contribution in [-0.4, -0.2) is 27.8 Å². The maximum absolute atomic E-state index is 12.7. The summed E-state index contributed by atoms with van der Waals surface area (Å²) in [5.41, 5.74) is 0.779. The van der Waals surface area contributed by atoms with Crippen molar-refractivity contribution in [2.75, 3.05) is 0 Å². The molecule has 138 valence electrons. The summed E-state index contributed by atoms with van der Waals surface area (Å²) in [6.45, 7) is 1.52. The quantitative estimate of drug-likeness (QED) is 0.473. The van der Waals surface area contributed by atoms with Gasteiger partial charge in [-0.3, -0.25) is 25.1 Å². The van der Waals surface area contributed by atoms with Crippen LogP contribution in [-0.2, 0) is 10.3 Å². The number of urea groups is 1. The molecule has 1 aliphatic rings. The van der Waals surface area contributed by atoms with Gasteiger partial charge < -0.3 is 5.32 Å². The van der Waals surface area contributed by atoms with Crippen molar-refractivity contribution in [3.05, 3.63) is 74.8 Å². The van der Waals surface area contributed by atoms with Crippen LogP contribution in [0.1, 0.15) is 22.8 Å². The van der Waals surface area contributed by atoms with Crippen molar-refractivity contribution < 1.29 is 19.3 Å². The number of amides is 4. The highest BCUT2D eigenvalue weighted by Crippen LogP contribution is 2.28. The average molecular weight is 389 g/mol. The van der Waals surface area contributed by atoms with E-state index in [0.717, 1.165) is 6.07 Å². The highest BCUT2D eigenvalue weighted by Gasteiger charge is 2.50. The first-order valence-electron chi connectivity index (χ1n) is 7.71. The number of hydrazine groups is 1. The van der Waals surface area contributed by atoms with Crippen LogP contribution in [0.15, 0.2) is 48.5 Å². The zero-order chi connectivity index (χ0) is 19.8. The van der Waals surface area contributed by atoms with Gasteiger partial charge in [-0.2, -0.15) is 5.01 Å². The average Bonchev–Trinajstić information content (AvgIpc) is 2.86. The second kappa shape index (κ2) is 6.69. The molecule has 0 bridgehead atoms. The molecule has 10 heteroatoms. The molecule has 0 radical (unpaired) electrons. The number of hydrogen-bond donors (Lipinski definition) is 2. The molecule has 0 aliphatic carbocycles. The van der Waals surface area contributed by atoms with Gasteiger partial charge in [0.05, 0.1) is 4.92 Å². The zero-order valence-electron chi connectivity index (χ0n) is 13.9. The van der Waals surface area contributed by atoms with Gasteiger partial charge in [0.15, 0.2) is 0 Å². The molecule has 1 heterocycles. The number of rotatable bonds is 4. The third-order valence-electron chi connectivity index (χ3n) is 4.16. The van der Waals surface area contributed by atoms with E-state index >= 15 is 0 Å². The molecule has 0 spiro atoms. The van der Waals surface area contributed by atoms with E-state index in [4.69, 9.17) is 11.6 Å². The molecule has 1 atom stereocenters. The number of carbonyl (C=O) groups excluding carboxylic acids is 3. The van der Waals surface area contributed by atoms with Crippen molar-refractivity contribution in [1.82, 2.24) is 15.8 Å². The van der Waals surface area contributed by atoms with Gasteiger partial charge in [0, 0.05) is 11.6 Å². The zero-order valence-corrected chi connectivity index (χ0v) is 14.7. The van der Waals surface area contributed by atoms with Gasteiger partial charge in [-0.15, -0.1) is 0 Å². The molecular weight excluding hydrogens is 376 g/mol. The number of nitrogens with zero attached hydrogens (tertiary/aromatic N) is 2. The summed E-state index contributed by atoms with van der Waals surface area (Å²) in [6.07, 6.45) is 0.